The zero-order valence-corrected chi connectivity index (χ0v) is 12.4. The molecule has 1 saturated carbocycles. The molecular formula is C16H24N2O2. The van der Waals surface area contributed by atoms with Crippen molar-refractivity contribution < 1.29 is 4.79 Å². The van der Waals surface area contributed by atoms with Gasteiger partial charge in [0.2, 0.25) is 0 Å². The molecule has 2 atom stereocenters. The number of rotatable bonds is 4. The van der Waals surface area contributed by atoms with Crippen LogP contribution in [0.3, 0.4) is 0 Å². The van der Waals surface area contributed by atoms with Gasteiger partial charge in [-0.2, -0.15) is 0 Å². The molecule has 20 heavy (non-hydrogen) atoms. The van der Waals surface area contributed by atoms with Crippen molar-refractivity contribution >= 4 is 5.91 Å². The van der Waals surface area contributed by atoms with Crippen LogP contribution in [0.1, 0.15) is 55.1 Å². The van der Waals surface area contributed by atoms with Crippen LogP contribution in [0.25, 0.3) is 0 Å². The van der Waals surface area contributed by atoms with E-state index < -0.39 is 0 Å². The van der Waals surface area contributed by atoms with Crippen LogP contribution in [-0.2, 0) is 0 Å². The van der Waals surface area contributed by atoms with Gasteiger partial charge in [0.15, 0.2) is 5.43 Å². The van der Waals surface area contributed by atoms with Crippen molar-refractivity contribution in [3.63, 3.8) is 0 Å². The van der Waals surface area contributed by atoms with Crippen LogP contribution >= 0.6 is 0 Å². The summed E-state index contributed by atoms with van der Waals surface area (Å²) >= 11 is 0. The standard InChI is InChI=1S/C16H24N2O2/c1-11-4-3-5-13(8-11)6-7-17-16(20)14-10-18-12(2)9-15(14)19/h9-11,13H,3-8H2,1-2H3,(H,17,20)(H,18,19). The number of H-pyrrole nitrogens is 1. The molecule has 0 aromatic carbocycles. The number of carbonyl (C=O) groups excluding carboxylic acids is 1. The number of aryl methyl sites for hydroxylation is 1. The Hall–Kier alpha value is -1.58. The van der Waals surface area contributed by atoms with E-state index in [2.05, 4.69) is 17.2 Å². The summed E-state index contributed by atoms with van der Waals surface area (Å²) in [5.41, 5.74) is 0.750. The van der Waals surface area contributed by atoms with Gasteiger partial charge in [-0.3, -0.25) is 9.59 Å². The summed E-state index contributed by atoms with van der Waals surface area (Å²) in [7, 11) is 0. The minimum Gasteiger partial charge on any atom is -0.364 e. The Morgan fingerprint density at radius 1 is 1.45 bits per heavy atom. The molecule has 1 aromatic heterocycles. The third-order valence-electron chi connectivity index (χ3n) is 4.19. The van der Waals surface area contributed by atoms with Crippen LogP contribution in [0, 0.1) is 18.8 Å². The van der Waals surface area contributed by atoms with Gasteiger partial charge >= 0.3 is 0 Å². The molecule has 0 radical (unpaired) electrons. The van der Waals surface area contributed by atoms with Crippen LogP contribution < -0.4 is 10.7 Å². The predicted octanol–water partition coefficient (Wildman–Crippen LogP) is 2.63. The predicted molar refractivity (Wildman–Crippen MR) is 79.9 cm³/mol. The molecule has 0 saturated heterocycles. The summed E-state index contributed by atoms with van der Waals surface area (Å²) in [5.74, 6) is 1.26. The van der Waals surface area contributed by atoms with Crippen LogP contribution in [0.4, 0.5) is 0 Å². The Morgan fingerprint density at radius 2 is 2.25 bits per heavy atom. The van der Waals surface area contributed by atoms with Gasteiger partial charge in [0.05, 0.1) is 0 Å². The van der Waals surface area contributed by atoms with Crippen LogP contribution in [-0.4, -0.2) is 17.4 Å². The van der Waals surface area contributed by atoms with Gasteiger partial charge in [0.25, 0.3) is 5.91 Å². The molecule has 0 spiro atoms. The maximum Gasteiger partial charge on any atom is 0.256 e. The highest BCUT2D eigenvalue weighted by molar-refractivity contribution is 5.93. The lowest BCUT2D eigenvalue weighted by Gasteiger charge is -2.26. The number of pyridine rings is 1. The van der Waals surface area contributed by atoms with Gasteiger partial charge in [-0.15, -0.1) is 0 Å². The van der Waals surface area contributed by atoms with E-state index in [4.69, 9.17) is 0 Å². The van der Waals surface area contributed by atoms with Crippen molar-refractivity contribution in [2.24, 2.45) is 11.8 Å². The summed E-state index contributed by atoms with van der Waals surface area (Å²) < 4.78 is 0. The third-order valence-corrected chi connectivity index (χ3v) is 4.19. The fourth-order valence-electron chi connectivity index (χ4n) is 3.06. The topological polar surface area (TPSA) is 62.0 Å². The first-order chi connectivity index (χ1) is 9.56. The van der Waals surface area contributed by atoms with Crippen molar-refractivity contribution in [2.45, 2.75) is 46.0 Å². The summed E-state index contributed by atoms with van der Waals surface area (Å²) in [6.45, 7) is 4.76. The van der Waals surface area contributed by atoms with Gasteiger partial charge in [-0.1, -0.05) is 26.2 Å². The molecular weight excluding hydrogens is 252 g/mol. The smallest absolute Gasteiger partial charge is 0.256 e. The Balaban J connectivity index is 1.81. The largest absolute Gasteiger partial charge is 0.364 e. The highest BCUT2D eigenvalue weighted by Gasteiger charge is 2.19. The fourth-order valence-corrected chi connectivity index (χ4v) is 3.06. The van der Waals surface area contributed by atoms with E-state index in [1.807, 2.05) is 0 Å². The Bertz CT molecular complexity index is 521. The first-order valence-electron chi connectivity index (χ1n) is 7.54. The Morgan fingerprint density at radius 3 is 2.95 bits per heavy atom. The van der Waals surface area contributed by atoms with Gasteiger partial charge in [-0.25, -0.2) is 0 Å². The highest BCUT2D eigenvalue weighted by Crippen LogP contribution is 2.30. The number of aromatic amines is 1. The van der Waals surface area contributed by atoms with Crippen molar-refractivity contribution in [2.75, 3.05) is 6.54 Å². The van der Waals surface area contributed by atoms with E-state index in [-0.39, 0.29) is 16.9 Å². The normalized spacial score (nSPS) is 22.5. The van der Waals surface area contributed by atoms with E-state index in [0.29, 0.717) is 6.54 Å². The first-order valence-corrected chi connectivity index (χ1v) is 7.54. The van der Waals surface area contributed by atoms with Crippen molar-refractivity contribution in [3.8, 4) is 0 Å². The van der Waals surface area contributed by atoms with E-state index in [9.17, 15) is 9.59 Å². The molecule has 1 fully saturated rings. The average molecular weight is 276 g/mol. The molecule has 4 nitrogen and oxygen atoms in total. The molecule has 0 bridgehead atoms. The minimum absolute atomic E-state index is 0.201. The minimum atomic E-state index is -0.268. The lowest BCUT2D eigenvalue weighted by atomic mass is 9.81. The molecule has 1 heterocycles. The number of hydrogen-bond donors (Lipinski definition) is 2. The summed E-state index contributed by atoms with van der Waals surface area (Å²) in [6, 6.07) is 1.46. The molecule has 110 valence electrons. The summed E-state index contributed by atoms with van der Waals surface area (Å²) in [4.78, 5) is 26.6. The third kappa shape index (κ3) is 3.95. The van der Waals surface area contributed by atoms with Crippen LogP contribution in [0.2, 0.25) is 0 Å². The number of hydrogen-bond acceptors (Lipinski definition) is 2. The number of carbonyl (C=O) groups is 1. The van der Waals surface area contributed by atoms with Gasteiger partial charge in [-0.05, 0) is 31.6 Å². The van der Waals surface area contributed by atoms with Crippen LogP contribution in [0.5, 0.6) is 0 Å². The zero-order valence-electron chi connectivity index (χ0n) is 12.4. The zero-order chi connectivity index (χ0) is 14.5. The SMILES string of the molecule is Cc1cc(=O)c(C(=O)NCCC2CCCC(C)C2)c[nH]1. The molecule has 1 aliphatic rings. The molecule has 1 aliphatic carbocycles. The van der Waals surface area contributed by atoms with Crippen LogP contribution in [0.15, 0.2) is 17.1 Å². The van der Waals surface area contributed by atoms with Crippen molar-refractivity contribution in [1.82, 2.24) is 10.3 Å². The second-order valence-electron chi connectivity index (χ2n) is 6.08. The Labute approximate surface area is 120 Å². The van der Waals surface area contributed by atoms with E-state index in [1.165, 1.54) is 37.9 Å². The number of nitrogens with one attached hydrogen (secondary N) is 2. The van der Waals surface area contributed by atoms with Gasteiger partial charge in [0, 0.05) is 24.5 Å². The Kier molecular flexibility index (Phi) is 4.99. The van der Waals surface area contributed by atoms with Crippen molar-refractivity contribution in [1.29, 1.82) is 0 Å². The summed E-state index contributed by atoms with van der Waals surface area (Å²) in [5, 5.41) is 2.86. The first kappa shape index (κ1) is 14.8. The van der Waals surface area contributed by atoms with Gasteiger partial charge < -0.3 is 10.3 Å². The summed E-state index contributed by atoms with van der Waals surface area (Å²) in [6.07, 6.45) is 7.68. The van der Waals surface area contributed by atoms with E-state index in [0.717, 1.165) is 24.0 Å². The quantitative estimate of drug-likeness (QED) is 0.888. The lowest BCUT2D eigenvalue weighted by molar-refractivity contribution is 0.0948. The molecule has 2 unspecified atom stereocenters. The molecule has 2 rings (SSSR count). The second-order valence-corrected chi connectivity index (χ2v) is 6.08. The average Bonchev–Trinajstić information content (AvgIpc) is 2.38. The fraction of sp³-hybridized carbons (Fsp3) is 0.625. The maximum atomic E-state index is 12.0. The molecule has 1 amide bonds. The van der Waals surface area contributed by atoms with E-state index >= 15 is 0 Å². The van der Waals surface area contributed by atoms with Gasteiger partial charge in [0.1, 0.15) is 5.56 Å². The maximum absolute atomic E-state index is 12.0. The number of amides is 1. The van der Waals surface area contributed by atoms with E-state index in [1.54, 1.807) is 6.92 Å². The van der Waals surface area contributed by atoms with Crippen molar-refractivity contribution in [3.05, 3.63) is 33.7 Å². The molecule has 4 heteroatoms. The molecule has 2 N–H and O–H groups in total. The number of aromatic nitrogens is 1. The molecule has 0 aliphatic heterocycles. The molecule has 1 aromatic rings. The lowest BCUT2D eigenvalue weighted by Crippen LogP contribution is -2.30. The second kappa shape index (κ2) is 6.73. The highest BCUT2D eigenvalue weighted by atomic mass is 16.2. The monoisotopic (exact) mass is 276 g/mol.